The van der Waals surface area contributed by atoms with E-state index in [0.717, 1.165) is 25.7 Å². The minimum atomic E-state index is -0.766. The molecule has 174 valence electrons. The number of nitrogens with zero attached hydrogens (tertiary/aromatic N) is 5. The second-order valence-electron chi connectivity index (χ2n) is 9.03. The van der Waals surface area contributed by atoms with Crippen LogP contribution in [0.5, 0.6) is 0 Å². The van der Waals surface area contributed by atoms with Crippen molar-refractivity contribution < 1.29 is 14.3 Å². The minimum absolute atomic E-state index is 0.216. The molecule has 4 heterocycles. The van der Waals surface area contributed by atoms with Gasteiger partial charge in [0.15, 0.2) is 11.5 Å². The zero-order chi connectivity index (χ0) is 23.2. The molecular formula is C23H22ClN7O3. The molecule has 3 N–H and O–H groups in total. The summed E-state index contributed by atoms with van der Waals surface area (Å²) >= 11 is 6.08. The predicted octanol–water partition coefficient (Wildman–Crippen LogP) is 4.41. The molecular weight excluding hydrogens is 458 g/mol. The van der Waals surface area contributed by atoms with Crippen LogP contribution in [0.2, 0.25) is 5.15 Å². The Balaban J connectivity index is 1.43. The van der Waals surface area contributed by atoms with Gasteiger partial charge < -0.3 is 19.8 Å². The summed E-state index contributed by atoms with van der Waals surface area (Å²) in [7, 11) is 0. The van der Waals surface area contributed by atoms with Gasteiger partial charge >= 0.3 is 5.97 Å². The number of nitrogens with one attached hydrogen (secondary N) is 2. The van der Waals surface area contributed by atoms with E-state index in [2.05, 4.69) is 30.2 Å². The Morgan fingerprint density at radius 2 is 2.12 bits per heavy atom. The van der Waals surface area contributed by atoms with Crippen molar-refractivity contribution in [2.45, 2.75) is 38.1 Å². The predicted molar refractivity (Wildman–Crippen MR) is 124 cm³/mol. The maximum Gasteiger partial charge on any atom is 0.308 e. The van der Waals surface area contributed by atoms with Crippen LogP contribution in [0.3, 0.4) is 0 Å². The molecule has 2 fully saturated rings. The molecule has 11 heteroatoms. The Kier molecular flexibility index (Phi) is 5.17. The molecule has 2 aliphatic carbocycles. The van der Waals surface area contributed by atoms with Gasteiger partial charge in [0.2, 0.25) is 5.89 Å². The Bertz CT molecular complexity index is 1360. The first-order chi connectivity index (χ1) is 16.5. The van der Waals surface area contributed by atoms with Gasteiger partial charge in [-0.2, -0.15) is 0 Å². The third-order valence-corrected chi connectivity index (χ3v) is 7.14. The van der Waals surface area contributed by atoms with E-state index in [1.54, 1.807) is 18.5 Å². The number of oxazole rings is 1. The standard InChI is InChI=1S/C23H22ClN7O3/c24-16-10-27-21-19(29-16)14(9-26-21)20-28-15(22-25-4-5-34-22)8-17(31-20)30-18-12-3-1-2-11(6-12)7-13(18)23(32)33/h4-5,8-13,18H,1-3,6-7H2,(H,26,27)(H,32,33)(H,28,30,31)/t11?,12?,13-,18-/m0/s1. The first-order valence-electron chi connectivity index (χ1n) is 11.3. The molecule has 2 unspecified atom stereocenters. The second-order valence-corrected chi connectivity index (χ2v) is 9.42. The molecule has 0 spiro atoms. The van der Waals surface area contributed by atoms with Crippen molar-refractivity contribution in [3.05, 3.63) is 36.1 Å². The van der Waals surface area contributed by atoms with Crippen LogP contribution >= 0.6 is 11.6 Å². The fourth-order valence-electron chi connectivity index (χ4n) is 5.49. The molecule has 0 aromatic carbocycles. The highest BCUT2D eigenvalue weighted by atomic mass is 35.5. The van der Waals surface area contributed by atoms with Crippen molar-refractivity contribution in [3.8, 4) is 23.0 Å². The van der Waals surface area contributed by atoms with Gasteiger partial charge in [-0.05, 0) is 31.1 Å². The van der Waals surface area contributed by atoms with E-state index in [9.17, 15) is 9.90 Å². The van der Waals surface area contributed by atoms with Gasteiger partial charge in [0.25, 0.3) is 0 Å². The lowest BCUT2D eigenvalue weighted by Crippen LogP contribution is -2.47. The number of rotatable bonds is 5. The lowest BCUT2D eigenvalue weighted by atomic mass is 9.65. The van der Waals surface area contributed by atoms with Crippen molar-refractivity contribution >= 4 is 34.6 Å². The third-order valence-electron chi connectivity index (χ3n) is 6.95. The summed E-state index contributed by atoms with van der Waals surface area (Å²) in [5.41, 5.74) is 2.20. The number of carbonyl (C=O) groups is 1. The molecule has 2 bridgehead atoms. The minimum Gasteiger partial charge on any atom is -0.481 e. The van der Waals surface area contributed by atoms with Gasteiger partial charge in [0.05, 0.1) is 23.9 Å². The third kappa shape index (κ3) is 3.77. The number of hydrogen-bond donors (Lipinski definition) is 3. The summed E-state index contributed by atoms with van der Waals surface area (Å²) in [4.78, 5) is 37.5. The summed E-state index contributed by atoms with van der Waals surface area (Å²) in [5.74, 6) is 0.773. The van der Waals surface area contributed by atoms with Crippen LogP contribution in [0.25, 0.3) is 34.1 Å². The molecule has 4 aromatic heterocycles. The molecule has 0 radical (unpaired) electrons. The molecule has 2 aliphatic rings. The number of aromatic nitrogens is 6. The van der Waals surface area contributed by atoms with Gasteiger partial charge in [-0.3, -0.25) is 4.79 Å². The van der Waals surface area contributed by atoms with E-state index < -0.39 is 11.9 Å². The largest absolute Gasteiger partial charge is 0.481 e. The van der Waals surface area contributed by atoms with Crippen LogP contribution in [0.15, 0.2) is 35.3 Å². The normalized spacial score (nSPS) is 24.3. The van der Waals surface area contributed by atoms with Gasteiger partial charge in [0.1, 0.15) is 28.4 Å². The van der Waals surface area contributed by atoms with Crippen molar-refractivity contribution in [2.24, 2.45) is 17.8 Å². The smallest absolute Gasteiger partial charge is 0.308 e. The van der Waals surface area contributed by atoms with Crippen molar-refractivity contribution in [2.75, 3.05) is 5.32 Å². The lowest BCUT2D eigenvalue weighted by molar-refractivity contribution is -0.145. The maximum absolute atomic E-state index is 12.1. The highest BCUT2D eigenvalue weighted by molar-refractivity contribution is 6.29. The number of carboxylic acid groups (broad SMARTS) is 1. The molecule has 2 saturated carbocycles. The maximum atomic E-state index is 12.1. The molecule has 4 aromatic rings. The SMILES string of the molecule is O=C(O)[C@H]1CC2CCCC(C2)[C@@H]1Nc1cc(-c2ncco2)nc(-c2c[nH]c3ncc(Cl)nc23)n1. The number of halogens is 1. The zero-order valence-corrected chi connectivity index (χ0v) is 18.9. The van der Waals surface area contributed by atoms with Gasteiger partial charge in [0, 0.05) is 18.3 Å². The summed E-state index contributed by atoms with van der Waals surface area (Å²) in [5, 5.41) is 13.7. The van der Waals surface area contributed by atoms with Crippen LogP contribution in [-0.2, 0) is 4.79 Å². The van der Waals surface area contributed by atoms with Crippen LogP contribution in [0.4, 0.5) is 5.82 Å². The molecule has 10 nitrogen and oxygen atoms in total. The van der Waals surface area contributed by atoms with Gasteiger partial charge in [-0.15, -0.1) is 0 Å². The number of aliphatic carboxylic acids is 1. The highest BCUT2D eigenvalue weighted by Crippen LogP contribution is 2.44. The molecule has 0 saturated heterocycles. The summed E-state index contributed by atoms with van der Waals surface area (Å²) in [6.45, 7) is 0. The quantitative estimate of drug-likeness (QED) is 0.379. The molecule has 0 amide bonds. The molecule has 6 rings (SSSR count). The first kappa shape index (κ1) is 21.0. The van der Waals surface area contributed by atoms with E-state index in [4.69, 9.17) is 21.0 Å². The van der Waals surface area contributed by atoms with Gasteiger partial charge in [-0.1, -0.05) is 24.4 Å². The zero-order valence-electron chi connectivity index (χ0n) is 18.1. The van der Waals surface area contributed by atoms with Crippen molar-refractivity contribution in [3.63, 3.8) is 0 Å². The van der Waals surface area contributed by atoms with Gasteiger partial charge in [-0.25, -0.2) is 24.9 Å². The monoisotopic (exact) mass is 479 g/mol. The topological polar surface area (TPSA) is 143 Å². The Morgan fingerprint density at radius 3 is 2.94 bits per heavy atom. The van der Waals surface area contributed by atoms with E-state index in [-0.39, 0.29) is 17.1 Å². The van der Waals surface area contributed by atoms with E-state index in [1.165, 1.54) is 12.5 Å². The van der Waals surface area contributed by atoms with Crippen LogP contribution in [0.1, 0.15) is 32.1 Å². The number of H-pyrrole nitrogens is 1. The summed E-state index contributed by atoms with van der Waals surface area (Å²) in [6, 6.07) is 1.53. The second kappa shape index (κ2) is 8.35. The summed E-state index contributed by atoms with van der Waals surface area (Å²) in [6.07, 6.45) is 11.2. The Morgan fingerprint density at radius 1 is 1.21 bits per heavy atom. The van der Waals surface area contributed by atoms with E-state index in [1.807, 2.05) is 0 Å². The fraction of sp³-hybridized carbons (Fsp3) is 0.391. The number of aromatic amines is 1. The van der Waals surface area contributed by atoms with Crippen molar-refractivity contribution in [1.29, 1.82) is 0 Å². The molecule has 34 heavy (non-hydrogen) atoms. The van der Waals surface area contributed by atoms with Crippen molar-refractivity contribution in [1.82, 2.24) is 29.9 Å². The first-order valence-corrected chi connectivity index (χ1v) is 11.7. The average molecular weight is 480 g/mol. The Hall–Kier alpha value is -3.53. The average Bonchev–Trinajstić information content (AvgIpc) is 3.51. The highest BCUT2D eigenvalue weighted by Gasteiger charge is 2.43. The Labute approximate surface area is 199 Å². The van der Waals surface area contributed by atoms with Crippen LogP contribution < -0.4 is 5.32 Å². The fourth-order valence-corrected chi connectivity index (χ4v) is 5.63. The van der Waals surface area contributed by atoms with Crippen LogP contribution in [0, 0.1) is 17.8 Å². The number of carboxylic acids is 1. The molecule has 0 aliphatic heterocycles. The summed E-state index contributed by atoms with van der Waals surface area (Å²) < 4.78 is 5.49. The molecule has 4 atom stereocenters. The van der Waals surface area contributed by atoms with E-state index >= 15 is 0 Å². The number of fused-ring (bicyclic) bond motifs is 3. The number of anilines is 1. The van der Waals surface area contributed by atoms with Crippen LogP contribution in [-0.4, -0.2) is 47.0 Å². The van der Waals surface area contributed by atoms with E-state index in [0.29, 0.717) is 52.3 Å². The number of hydrogen-bond acceptors (Lipinski definition) is 8. The lowest BCUT2D eigenvalue weighted by Gasteiger charge is -2.44.